The van der Waals surface area contributed by atoms with Gasteiger partial charge in [-0.2, -0.15) is 0 Å². The number of para-hydroxylation sites is 1. The van der Waals surface area contributed by atoms with E-state index in [0.29, 0.717) is 5.46 Å². The molecular weight excluding hydrogens is 261 g/mol. The zero-order valence-corrected chi connectivity index (χ0v) is 12.0. The molecule has 0 unspecified atom stereocenters. The van der Waals surface area contributed by atoms with E-state index < -0.39 is 7.12 Å². The number of hydrogen-bond acceptors (Lipinski definition) is 2. The second kappa shape index (κ2) is 5.76. The van der Waals surface area contributed by atoms with Gasteiger partial charge >= 0.3 is 7.12 Å². The van der Waals surface area contributed by atoms with Crippen LogP contribution in [0, 0.1) is 0 Å². The monoisotopic (exact) mass is 279 g/mol. The number of nitrogens with zero attached hydrogens (tertiary/aromatic N) is 1. The Hall–Kier alpha value is -2.04. The molecular formula is C17H18BNO2. The van der Waals surface area contributed by atoms with E-state index in [4.69, 9.17) is 10.0 Å². The van der Waals surface area contributed by atoms with Gasteiger partial charge in [-0.1, -0.05) is 42.5 Å². The topological polar surface area (TPSA) is 45.4 Å². The van der Waals surface area contributed by atoms with Crippen molar-refractivity contribution < 1.29 is 10.0 Å². The van der Waals surface area contributed by atoms with E-state index >= 15 is 0 Å². The molecule has 1 aromatic heterocycles. The van der Waals surface area contributed by atoms with Gasteiger partial charge in [-0.05, 0) is 35.5 Å². The van der Waals surface area contributed by atoms with Crippen molar-refractivity contribution in [2.24, 2.45) is 0 Å². The summed E-state index contributed by atoms with van der Waals surface area (Å²) in [6.07, 6.45) is 0.838. The van der Waals surface area contributed by atoms with Crippen LogP contribution >= 0.6 is 0 Å². The quantitative estimate of drug-likeness (QED) is 0.717. The van der Waals surface area contributed by atoms with E-state index in [-0.39, 0.29) is 0 Å². The fraction of sp³-hybridized carbons (Fsp3) is 0.176. The number of aryl methyl sites for hydroxylation is 1. The van der Waals surface area contributed by atoms with Crippen LogP contribution in [-0.2, 0) is 13.0 Å². The summed E-state index contributed by atoms with van der Waals surface area (Å²) in [4.78, 5) is 0. The van der Waals surface area contributed by atoms with Crippen molar-refractivity contribution in [1.82, 2.24) is 4.57 Å². The highest BCUT2D eigenvalue weighted by atomic mass is 16.4. The van der Waals surface area contributed by atoms with Crippen LogP contribution in [0.15, 0.2) is 54.6 Å². The van der Waals surface area contributed by atoms with E-state index in [1.54, 1.807) is 12.1 Å². The zero-order valence-electron chi connectivity index (χ0n) is 12.0. The minimum atomic E-state index is -1.40. The molecule has 0 saturated carbocycles. The predicted molar refractivity (Wildman–Crippen MR) is 86.7 cm³/mol. The number of hydrogen-bond donors (Lipinski definition) is 2. The number of fused-ring (bicyclic) bond motifs is 1. The van der Waals surface area contributed by atoms with Crippen LogP contribution in [0.4, 0.5) is 0 Å². The van der Waals surface area contributed by atoms with Crippen molar-refractivity contribution in [2.75, 3.05) is 0 Å². The molecule has 0 bridgehead atoms. The lowest BCUT2D eigenvalue weighted by atomic mass is 9.80. The van der Waals surface area contributed by atoms with Crippen molar-refractivity contribution in [2.45, 2.75) is 19.9 Å². The molecule has 0 fully saturated rings. The lowest BCUT2D eigenvalue weighted by molar-refractivity contribution is 0.426. The Kier molecular flexibility index (Phi) is 3.82. The van der Waals surface area contributed by atoms with Gasteiger partial charge in [0.15, 0.2) is 0 Å². The van der Waals surface area contributed by atoms with E-state index in [9.17, 15) is 0 Å². The van der Waals surface area contributed by atoms with E-state index in [1.165, 1.54) is 16.6 Å². The molecule has 2 aromatic carbocycles. The Bertz CT molecular complexity index is 747. The summed E-state index contributed by atoms with van der Waals surface area (Å²) in [5.74, 6) is 0. The molecule has 3 nitrogen and oxygen atoms in total. The highest BCUT2D eigenvalue weighted by Gasteiger charge is 2.11. The largest absolute Gasteiger partial charge is 0.488 e. The minimum absolute atomic E-state index is 0.523. The second-order valence-electron chi connectivity index (χ2n) is 5.23. The van der Waals surface area contributed by atoms with Crippen molar-refractivity contribution >= 4 is 23.5 Å². The van der Waals surface area contributed by atoms with Crippen molar-refractivity contribution in [3.8, 4) is 0 Å². The third-order valence-corrected chi connectivity index (χ3v) is 3.88. The van der Waals surface area contributed by atoms with E-state index in [2.05, 4.69) is 41.8 Å². The highest BCUT2D eigenvalue weighted by molar-refractivity contribution is 6.58. The van der Waals surface area contributed by atoms with Gasteiger partial charge in [-0.15, -0.1) is 0 Å². The molecule has 0 aliphatic rings. The van der Waals surface area contributed by atoms with Crippen molar-refractivity contribution in [3.63, 3.8) is 0 Å². The van der Waals surface area contributed by atoms with Crippen LogP contribution in [0.25, 0.3) is 10.9 Å². The van der Waals surface area contributed by atoms with Crippen LogP contribution in [0.3, 0.4) is 0 Å². The summed E-state index contributed by atoms with van der Waals surface area (Å²) < 4.78 is 2.32. The maximum atomic E-state index is 9.13. The maximum absolute atomic E-state index is 9.13. The van der Waals surface area contributed by atoms with E-state index in [1.807, 2.05) is 12.1 Å². The first kappa shape index (κ1) is 13.9. The first-order chi connectivity index (χ1) is 10.2. The van der Waals surface area contributed by atoms with Crippen molar-refractivity contribution in [1.29, 1.82) is 0 Å². The minimum Gasteiger partial charge on any atom is -0.423 e. The molecule has 2 N–H and O–H groups in total. The average molecular weight is 279 g/mol. The van der Waals surface area contributed by atoms with Gasteiger partial charge in [0.2, 0.25) is 0 Å². The van der Waals surface area contributed by atoms with Gasteiger partial charge in [0.05, 0.1) is 0 Å². The lowest BCUT2D eigenvalue weighted by Gasteiger charge is -2.08. The number of benzene rings is 2. The molecule has 4 heteroatoms. The lowest BCUT2D eigenvalue weighted by Crippen LogP contribution is -2.29. The highest BCUT2D eigenvalue weighted by Crippen LogP contribution is 2.21. The number of aromatic nitrogens is 1. The molecule has 0 aliphatic heterocycles. The third kappa shape index (κ3) is 2.73. The number of rotatable bonds is 4. The SMILES string of the molecule is CCn1c(Cc2ccc(B(O)O)cc2)cc2ccccc21. The van der Waals surface area contributed by atoms with Crippen LogP contribution in [-0.4, -0.2) is 21.7 Å². The summed E-state index contributed by atoms with van der Waals surface area (Å²) in [6.45, 7) is 3.09. The van der Waals surface area contributed by atoms with Gasteiger partial charge in [-0.3, -0.25) is 0 Å². The van der Waals surface area contributed by atoms with Gasteiger partial charge in [0.1, 0.15) is 0 Å². The average Bonchev–Trinajstić information content (AvgIpc) is 2.84. The Morgan fingerprint density at radius 2 is 1.71 bits per heavy atom. The Labute approximate surface area is 124 Å². The van der Waals surface area contributed by atoms with Gasteiger partial charge < -0.3 is 14.6 Å². The molecule has 3 aromatic rings. The van der Waals surface area contributed by atoms with Crippen LogP contribution < -0.4 is 5.46 Å². The van der Waals surface area contributed by atoms with Crippen LogP contribution in [0.5, 0.6) is 0 Å². The smallest absolute Gasteiger partial charge is 0.423 e. The second-order valence-corrected chi connectivity index (χ2v) is 5.23. The Balaban J connectivity index is 1.94. The van der Waals surface area contributed by atoms with Gasteiger partial charge in [0, 0.05) is 24.2 Å². The molecule has 0 atom stereocenters. The Morgan fingerprint density at radius 1 is 1.00 bits per heavy atom. The predicted octanol–water partition coefficient (Wildman–Crippen LogP) is 1.93. The van der Waals surface area contributed by atoms with Crippen molar-refractivity contribution in [3.05, 3.63) is 65.9 Å². The molecule has 0 aliphatic carbocycles. The molecule has 21 heavy (non-hydrogen) atoms. The molecule has 3 rings (SSSR count). The molecule has 1 heterocycles. The first-order valence-electron chi connectivity index (χ1n) is 7.21. The third-order valence-electron chi connectivity index (χ3n) is 3.88. The summed E-state index contributed by atoms with van der Waals surface area (Å²) >= 11 is 0. The normalized spacial score (nSPS) is 11.0. The van der Waals surface area contributed by atoms with Crippen LogP contribution in [0.1, 0.15) is 18.2 Å². The molecule has 0 saturated heterocycles. The standard InChI is InChI=1S/C17H18BNO2/c1-2-19-16(12-14-5-3-4-6-17(14)19)11-13-7-9-15(10-8-13)18(20)21/h3-10,12,20-21H,2,11H2,1H3. The summed E-state index contributed by atoms with van der Waals surface area (Å²) in [6, 6.07) is 18.1. The van der Waals surface area contributed by atoms with Gasteiger partial charge in [-0.25, -0.2) is 0 Å². The Morgan fingerprint density at radius 3 is 2.38 bits per heavy atom. The van der Waals surface area contributed by atoms with Gasteiger partial charge in [0.25, 0.3) is 0 Å². The molecule has 0 spiro atoms. The molecule has 106 valence electrons. The fourth-order valence-corrected chi connectivity index (χ4v) is 2.80. The first-order valence-corrected chi connectivity index (χ1v) is 7.21. The summed E-state index contributed by atoms with van der Waals surface area (Å²) in [5.41, 5.74) is 4.22. The maximum Gasteiger partial charge on any atom is 0.488 e. The fourth-order valence-electron chi connectivity index (χ4n) is 2.80. The summed E-state index contributed by atoms with van der Waals surface area (Å²) in [5, 5.41) is 19.5. The van der Waals surface area contributed by atoms with E-state index in [0.717, 1.165) is 18.5 Å². The molecule has 0 radical (unpaired) electrons. The molecule has 0 amide bonds. The van der Waals surface area contributed by atoms with Crippen LogP contribution in [0.2, 0.25) is 0 Å². The summed E-state index contributed by atoms with van der Waals surface area (Å²) in [7, 11) is -1.40. The zero-order chi connectivity index (χ0) is 14.8.